The number of benzene rings is 3. The van der Waals surface area contributed by atoms with E-state index in [0.29, 0.717) is 48.9 Å². The number of aryl methyl sites for hydroxylation is 1. The van der Waals surface area contributed by atoms with Gasteiger partial charge in [-0.05, 0) is 84.4 Å². The van der Waals surface area contributed by atoms with Crippen molar-refractivity contribution >= 4 is 75.8 Å². The van der Waals surface area contributed by atoms with Crippen LogP contribution in [0, 0.1) is 0 Å². The van der Waals surface area contributed by atoms with Crippen LogP contribution in [0.3, 0.4) is 0 Å². The monoisotopic (exact) mass is 661 g/mol. The summed E-state index contributed by atoms with van der Waals surface area (Å²) in [5.41, 5.74) is 2.89. The van der Waals surface area contributed by atoms with Gasteiger partial charge in [0, 0.05) is 32.6 Å². The molecular formula is C31H32ClNO7S3. The number of thiophene rings is 1. The predicted molar refractivity (Wildman–Crippen MR) is 175 cm³/mol. The fourth-order valence-corrected chi connectivity index (χ4v) is 7.73. The fraction of sp³-hybridized carbons (Fsp3) is 0.290. The molecule has 228 valence electrons. The fourth-order valence-electron chi connectivity index (χ4n) is 5.28. The van der Waals surface area contributed by atoms with Crippen LogP contribution >= 0.6 is 22.9 Å². The minimum absolute atomic E-state index is 0.206. The van der Waals surface area contributed by atoms with Crippen molar-refractivity contribution in [3.63, 3.8) is 0 Å². The number of allylic oxidation sites excluding steroid dienone is 2. The zero-order valence-corrected chi connectivity index (χ0v) is 26.7. The molecule has 0 spiro atoms. The first-order valence-electron chi connectivity index (χ1n) is 13.9. The highest BCUT2D eigenvalue weighted by Gasteiger charge is 2.28. The van der Waals surface area contributed by atoms with Crippen molar-refractivity contribution in [1.29, 1.82) is 0 Å². The zero-order chi connectivity index (χ0) is 30.8. The highest BCUT2D eigenvalue weighted by molar-refractivity contribution is 7.86. The first kappa shape index (κ1) is 31.5. The van der Waals surface area contributed by atoms with Crippen LogP contribution in [0.25, 0.3) is 26.9 Å². The highest BCUT2D eigenvalue weighted by Crippen LogP contribution is 2.45. The molecule has 8 nitrogen and oxygen atoms in total. The van der Waals surface area contributed by atoms with Gasteiger partial charge >= 0.3 is 0 Å². The first-order chi connectivity index (χ1) is 20.4. The van der Waals surface area contributed by atoms with Gasteiger partial charge in [0.15, 0.2) is 5.75 Å². The Kier molecular flexibility index (Phi) is 9.50. The summed E-state index contributed by atoms with van der Waals surface area (Å²) in [5.74, 6) is 0.586. The average Bonchev–Trinajstić information content (AvgIpc) is 3.46. The van der Waals surface area contributed by atoms with E-state index in [9.17, 15) is 21.4 Å². The van der Waals surface area contributed by atoms with Crippen LogP contribution in [0.2, 0.25) is 5.02 Å². The molecule has 1 aliphatic rings. The molecule has 0 saturated heterocycles. The molecule has 0 saturated carbocycles. The number of nitrogens with zero attached hydrogens (tertiary/aromatic N) is 1. The number of anilines is 1. The molecule has 0 radical (unpaired) electrons. The summed E-state index contributed by atoms with van der Waals surface area (Å²) in [6, 6.07) is 17.6. The van der Waals surface area contributed by atoms with Gasteiger partial charge in [-0.2, -0.15) is 16.8 Å². The van der Waals surface area contributed by atoms with Crippen LogP contribution in [0.4, 0.5) is 5.69 Å². The van der Waals surface area contributed by atoms with Gasteiger partial charge in [0.05, 0.1) is 17.2 Å². The summed E-state index contributed by atoms with van der Waals surface area (Å²) in [6.45, 7) is 2.36. The number of halogens is 1. The van der Waals surface area contributed by atoms with Crippen molar-refractivity contribution in [2.24, 2.45) is 0 Å². The molecule has 0 atom stereocenters. The number of hydrogen-bond donors (Lipinski definition) is 2. The molecule has 2 heterocycles. The molecule has 4 aromatic rings. The third kappa shape index (κ3) is 7.78. The number of rotatable bonds is 12. The van der Waals surface area contributed by atoms with Gasteiger partial charge in [-0.25, -0.2) is 0 Å². The van der Waals surface area contributed by atoms with E-state index in [2.05, 4.69) is 6.08 Å². The molecule has 2 N–H and O–H groups in total. The Balaban J connectivity index is 1.52. The van der Waals surface area contributed by atoms with Gasteiger partial charge in [0.25, 0.3) is 20.2 Å². The molecule has 5 rings (SSSR count). The van der Waals surface area contributed by atoms with Crippen molar-refractivity contribution in [2.75, 3.05) is 23.0 Å². The van der Waals surface area contributed by atoms with Crippen molar-refractivity contribution in [3.8, 4) is 5.75 Å². The molecule has 0 aliphatic carbocycles. The van der Waals surface area contributed by atoms with E-state index in [-0.39, 0.29) is 17.9 Å². The number of hydrogen-bond acceptors (Lipinski definition) is 7. The van der Waals surface area contributed by atoms with E-state index in [1.54, 1.807) is 11.3 Å². The highest BCUT2D eigenvalue weighted by atomic mass is 35.5. The number of unbranched alkanes of at least 4 members (excludes halogenated alkanes) is 1. The third-order valence-corrected chi connectivity index (χ3v) is 10.3. The Hall–Kier alpha value is -2.93. The van der Waals surface area contributed by atoms with Crippen molar-refractivity contribution < 1.29 is 30.7 Å². The number of ether oxygens (including phenoxy) is 1. The largest absolute Gasteiger partial charge is 0.439 e. The Bertz CT molecular complexity index is 1950. The standard InChI is InChI=1S/C31H32ClNO7S3/c1-2-21(18-29-25(10-5-6-16-42(34,35)36)26-20-23(32)12-14-28(26)41-29)19-30-33(15-7-17-43(37,38)39)31-24-9-4-3-8-22(24)11-13-27(31)40-30/h3-4,8-9,11-14,18-20H,2,5-7,10,15-17H2,1H3,(H,34,35,36)(H,37,38,39)/b21-18+,30-19-. The summed E-state index contributed by atoms with van der Waals surface area (Å²) < 4.78 is 71.3. The minimum atomic E-state index is -4.11. The molecule has 43 heavy (non-hydrogen) atoms. The van der Waals surface area contributed by atoms with Crippen molar-refractivity contribution in [3.05, 3.63) is 87.6 Å². The zero-order valence-electron chi connectivity index (χ0n) is 23.5. The maximum absolute atomic E-state index is 11.5. The topological polar surface area (TPSA) is 121 Å². The number of fused-ring (bicyclic) bond motifs is 4. The maximum Gasteiger partial charge on any atom is 0.264 e. The minimum Gasteiger partial charge on any atom is -0.439 e. The van der Waals surface area contributed by atoms with Gasteiger partial charge in [-0.3, -0.25) is 9.11 Å². The van der Waals surface area contributed by atoms with Crippen LogP contribution in [-0.4, -0.2) is 44.0 Å². The molecule has 1 aliphatic heterocycles. The van der Waals surface area contributed by atoms with E-state index in [1.165, 1.54) is 0 Å². The lowest BCUT2D eigenvalue weighted by Crippen LogP contribution is -2.24. The van der Waals surface area contributed by atoms with Gasteiger partial charge in [-0.1, -0.05) is 48.9 Å². The molecule has 12 heteroatoms. The Morgan fingerprint density at radius 3 is 2.44 bits per heavy atom. The predicted octanol–water partition coefficient (Wildman–Crippen LogP) is 7.73. The second-order valence-corrected chi connectivity index (χ2v) is 15.1. The SMILES string of the molecule is CCC(/C=C1\Oc2ccc3ccccc3c2N1CCCS(=O)(=O)O)=C\c1sc2ccc(Cl)cc2c1CCCCS(=O)(=O)O. The lowest BCUT2D eigenvalue weighted by Gasteiger charge is -2.20. The van der Waals surface area contributed by atoms with E-state index in [1.807, 2.05) is 72.5 Å². The second kappa shape index (κ2) is 13.0. The Labute approximate surface area is 260 Å². The smallest absolute Gasteiger partial charge is 0.264 e. The maximum atomic E-state index is 11.5. The molecule has 3 aromatic carbocycles. The van der Waals surface area contributed by atoms with Gasteiger partial charge < -0.3 is 9.64 Å². The lowest BCUT2D eigenvalue weighted by atomic mass is 10.0. The summed E-state index contributed by atoms with van der Waals surface area (Å²) in [7, 11) is -8.14. The van der Waals surface area contributed by atoms with E-state index in [0.717, 1.165) is 42.6 Å². The molecule has 0 unspecified atom stereocenters. The summed E-state index contributed by atoms with van der Waals surface area (Å²) in [5, 5.41) is 3.63. The molecule has 0 amide bonds. The summed E-state index contributed by atoms with van der Waals surface area (Å²) in [4.78, 5) is 2.99. The van der Waals surface area contributed by atoms with Crippen molar-refractivity contribution in [2.45, 2.75) is 39.0 Å². The molecule has 1 aromatic heterocycles. The van der Waals surface area contributed by atoms with Crippen LogP contribution in [0.5, 0.6) is 5.75 Å². The van der Waals surface area contributed by atoms with Gasteiger partial charge in [0.2, 0.25) is 5.88 Å². The van der Waals surface area contributed by atoms with Crippen LogP contribution < -0.4 is 9.64 Å². The molecule has 0 bridgehead atoms. The lowest BCUT2D eigenvalue weighted by molar-refractivity contribution is 0.436. The van der Waals surface area contributed by atoms with Crippen LogP contribution in [-0.2, 0) is 26.7 Å². The Morgan fingerprint density at radius 1 is 0.953 bits per heavy atom. The van der Waals surface area contributed by atoms with Crippen LogP contribution in [0.1, 0.15) is 43.0 Å². The van der Waals surface area contributed by atoms with E-state index >= 15 is 0 Å². The molecular weight excluding hydrogens is 630 g/mol. The van der Waals surface area contributed by atoms with E-state index in [4.69, 9.17) is 20.9 Å². The van der Waals surface area contributed by atoms with Gasteiger partial charge in [0.1, 0.15) is 0 Å². The normalized spacial score (nSPS) is 15.0. The Morgan fingerprint density at radius 2 is 1.70 bits per heavy atom. The van der Waals surface area contributed by atoms with E-state index < -0.39 is 20.2 Å². The van der Waals surface area contributed by atoms with Gasteiger partial charge in [-0.15, -0.1) is 11.3 Å². The van der Waals surface area contributed by atoms with Crippen molar-refractivity contribution in [1.82, 2.24) is 0 Å². The molecule has 0 fully saturated rings. The summed E-state index contributed by atoms with van der Waals surface area (Å²) >= 11 is 7.95. The first-order valence-corrected chi connectivity index (χ1v) is 18.3. The average molecular weight is 662 g/mol. The quantitative estimate of drug-likeness (QED) is 0.117. The summed E-state index contributed by atoms with van der Waals surface area (Å²) in [6.07, 6.45) is 6.48. The second-order valence-electron chi connectivity index (χ2n) is 10.4. The van der Waals surface area contributed by atoms with Crippen LogP contribution in [0.15, 0.2) is 72.1 Å². The third-order valence-electron chi connectivity index (χ3n) is 7.29.